The van der Waals surface area contributed by atoms with Crippen molar-refractivity contribution in [3.05, 3.63) is 11.8 Å². The molecule has 0 saturated heterocycles. The van der Waals surface area contributed by atoms with Crippen LogP contribution in [0.3, 0.4) is 0 Å². The summed E-state index contributed by atoms with van der Waals surface area (Å²) in [6, 6.07) is 1.78. The van der Waals surface area contributed by atoms with Crippen LogP contribution in [0.4, 0.5) is 5.88 Å². The number of aromatic nitrogens is 1. The van der Waals surface area contributed by atoms with Crippen molar-refractivity contribution in [2.45, 2.75) is 58.1 Å². The average molecular weight is 344 g/mol. The standard InChI is InChI=1S/C17H30N2O3S/c1-12(2)8-9-23-17(5,6)15(20)18-14-10-13(19-22-14)16(3,4)11-21-7/h10,12H,8-9,11H2,1-7H3,(H,18,20)/p+1. The van der Waals surface area contributed by atoms with Gasteiger partial charge >= 0.3 is 0 Å². The molecule has 0 saturated carbocycles. The van der Waals surface area contributed by atoms with E-state index < -0.39 is 4.75 Å². The first-order valence-electron chi connectivity index (χ1n) is 8.05. The van der Waals surface area contributed by atoms with Crippen LogP contribution in [0.2, 0.25) is 0 Å². The van der Waals surface area contributed by atoms with E-state index in [1.54, 1.807) is 13.2 Å². The highest BCUT2D eigenvalue weighted by molar-refractivity contribution is 7.80. The second-order valence-corrected chi connectivity index (χ2v) is 9.35. The Morgan fingerprint density at radius 2 is 2.04 bits per heavy atom. The molecule has 0 bridgehead atoms. The third-order valence-corrected chi connectivity index (χ3v) is 5.19. The van der Waals surface area contributed by atoms with Crippen LogP contribution in [0.1, 0.15) is 53.7 Å². The highest BCUT2D eigenvalue weighted by Gasteiger charge is 2.36. The van der Waals surface area contributed by atoms with Gasteiger partial charge in [0.1, 0.15) is 5.75 Å². The van der Waals surface area contributed by atoms with E-state index in [4.69, 9.17) is 9.26 Å². The summed E-state index contributed by atoms with van der Waals surface area (Å²) in [7, 11) is 1.66. The molecule has 0 aromatic carbocycles. The quantitative estimate of drug-likeness (QED) is 0.552. The molecule has 6 heteroatoms. The Morgan fingerprint density at radius 3 is 2.61 bits per heavy atom. The zero-order valence-electron chi connectivity index (χ0n) is 15.4. The van der Waals surface area contributed by atoms with E-state index >= 15 is 0 Å². The van der Waals surface area contributed by atoms with Crippen molar-refractivity contribution >= 4 is 23.6 Å². The maximum absolute atomic E-state index is 12.5. The summed E-state index contributed by atoms with van der Waals surface area (Å²) in [5.41, 5.74) is 0.511. The van der Waals surface area contributed by atoms with Crippen LogP contribution < -0.4 is 5.32 Å². The van der Waals surface area contributed by atoms with Crippen LogP contribution in [0.5, 0.6) is 0 Å². The van der Waals surface area contributed by atoms with Gasteiger partial charge in [-0.05, 0) is 37.9 Å². The van der Waals surface area contributed by atoms with Crippen LogP contribution in [-0.4, -0.2) is 35.3 Å². The van der Waals surface area contributed by atoms with Gasteiger partial charge in [-0.25, -0.2) is 0 Å². The van der Waals surface area contributed by atoms with Gasteiger partial charge in [0.05, 0.1) is 12.3 Å². The van der Waals surface area contributed by atoms with Crippen molar-refractivity contribution in [1.82, 2.24) is 5.16 Å². The first-order chi connectivity index (χ1) is 10.6. The second-order valence-electron chi connectivity index (χ2n) is 7.47. The molecule has 5 nitrogen and oxygen atoms in total. The Morgan fingerprint density at radius 1 is 1.39 bits per heavy atom. The third-order valence-electron chi connectivity index (χ3n) is 3.71. The predicted molar refractivity (Wildman–Crippen MR) is 97.2 cm³/mol. The molecule has 0 aliphatic rings. The summed E-state index contributed by atoms with van der Waals surface area (Å²) >= 11 is 1.12. The number of hydrogen-bond acceptors (Lipinski definition) is 4. The maximum atomic E-state index is 12.5. The summed E-state index contributed by atoms with van der Waals surface area (Å²) < 4.78 is 10.0. The smallest absolute Gasteiger partial charge is 0.282 e. The Hall–Kier alpha value is -1.01. The van der Waals surface area contributed by atoms with E-state index in [0.717, 1.165) is 29.6 Å². The number of amides is 1. The normalized spacial score (nSPS) is 12.7. The van der Waals surface area contributed by atoms with Crippen LogP contribution >= 0.6 is 0 Å². The summed E-state index contributed by atoms with van der Waals surface area (Å²) in [5.74, 6) is 2.01. The number of ether oxygens (including phenoxy) is 1. The van der Waals surface area contributed by atoms with Crippen LogP contribution in [0.25, 0.3) is 0 Å². The minimum Gasteiger partial charge on any atom is -0.384 e. The molecule has 1 heterocycles. The van der Waals surface area contributed by atoms with E-state index in [0.29, 0.717) is 18.4 Å². The second kappa shape index (κ2) is 8.20. The van der Waals surface area contributed by atoms with E-state index in [9.17, 15) is 4.79 Å². The van der Waals surface area contributed by atoms with Gasteiger partial charge in [0.2, 0.25) is 5.88 Å². The molecule has 1 rings (SSSR count). The SMILES string of the molecule is COCC(C)(C)c1cc(NC(=O)C(C)(C)[SH+]CCC(C)C)on1. The van der Waals surface area contributed by atoms with E-state index in [1.165, 1.54) is 0 Å². The van der Waals surface area contributed by atoms with Gasteiger partial charge in [0, 0.05) is 18.6 Å². The number of methoxy groups -OCH3 is 1. The summed E-state index contributed by atoms with van der Waals surface area (Å²) in [6.45, 7) is 12.9. The number of nitrogens with zero attached hydrogens (tertiary/aromatic N) is 1. The fourth-order valence-electron chi connectivity index (χ4n) is 2.03. The summed E-state index contributed by atoms with van der Waals surface area (Å²) in [5, 5.41) is 6.89. The number of carbonyl (C=O) groups is 1. The molecule has 0 aliphatic carbocycles. The molecule has 1 amide bonds. The molecule has 1 aromatic rings. The fourth-order valence-corrected chi connectivity index (χ4v) is 3.43. The number of carbonyl (C=O) groups excluding carboxylic acids is 1. The summed E-state index contributed by atoms with van der Waals surface area (Å²) in [6.07, 6.45) is 1.12. The van der Waals surface area contributed by atoms with Gasteiger partial charge in [-0.1, -0.05) is 32.9 Å². The van der Waals surface area contributed by atoms with Crippen molar-refractivity contribution in [2.75, 3.05) is 24.8 Å². The molecule has 0 atom stereocenters. The molecule has 1 aromatic heterocycles. The number of rotatable bonds is 9. The molecule has 23 heavy (non-hydrogen) atoms. The van der Waals surface area contributed by atoms with Crippen LogP contribution in [-0.2, 0) is 26.7 Å². The third kappa shape index (κ3) is 6.18. The minimum absolute atomic E-state index is 0.0461. The largest absolute Gasteiger partial charge is 0.384 e. The van der Waals surface area contributed by atoms with Gasteiger partial charge in [0.15, 0.2) is 4.75 Å². The Kier molecular flexibility index (Phi) is 7.14. The molecule has 0 aliphatic heterocycles. The topological polar surface area (TPSA) is 64.4 Å². The van der Waals surface area contributed by atoms with Crippen LogP contribution in [0, 0.1) is 5.92 Å². The van der Waals surface area contributed by atoms with E-state index in [2.05, 4.69) is 24.3 Å². The first kappa shape index (κ1) is 20.0. The highest BCUT2D eigenvalue weighted by atomic mass is 32.2. The van der Waals surface area contributed by atoms with Gasteiger partial charge in [-0.3, -0.25) is 10.1 Å². The zero-order chi connectivity index (χ0) is 17.7. The van der Waals surface area contributed by atoms with Gasteiger partial charge < -0.3 is 9.26 Å². The molecule has 0 spiro atoms. The molecular formula is C17H31N2O3S+. The minimum atomic E-state index is -0.454. The molecular weight excluding hydrogens is 312 g/mol. The lowest BCUT2D eigenvalue weighted by atomic mass is 9.90. The first-order valence-corrected chi connectivity index (χ1v) is 9.12. The zero-order valence-corrected chi connectivity index (χ0v) is 16.3. The molecule has 0 fully saturated rings. The van der Waals surface area contributed by atoms with Crippen molar-refractivity contribution in [2.24, 2.45) is 5.92 Å². The van der Waals surface area contributed by atoms with Crippen molar-refractivity contribution in [1.29, 1.82) is 0 Å². The number of hydrogen-bond donors (Lipinski definition) is 1. The lowest BCUT2D eigenvalue weighted by Gasteiger charge is -2.19. The predicted octanol–water partition coefficient (Wildman–Crippen LogP) is 3.18. The van der Waals surface area contributed by atoms with E-state index in [-0.39, 0.29) is 11.3 Å². The van der Waals surface area contributed by atoms with Gasteiger partial charge in [-0.2, -0.15) is 0 Å². The molecule has 1 N–H and O–H groups in total. The average Bonchev–Trinajstić information content (AvgIpc) is 2.87. The molecule has 0 radical (unpaired) electrons. The number of thiol groups is 1. The lowest BCUT2D eigenvalue weighted by Crippen LogP contribution is -2.39. The monoisotopic (exact) mass is 343 g/mol. The Balaban J connectivity index is 2.65. The van der Waals surface area contributed by atoms with Gasteiger partial charge in [-0.15, -0.1) is 0 Å². The van der Waals surface area contributed by atoms with Crippen molar-refractivity contribution < 1.29 is 14.1 Å². The van der Waals surface area contributed by atoms with Crippen molar-refractivity contribution in [3.8, 4) is 0 Å². The fraction of sp³-hybridized carbons (Fsp3) is 0.765. The van der Waals surface area contributed by atoms with Crippen molar-refractivity contribution in [3.63, 3.8) is 0 Å². The number of nitrogens with one attached hydrogen (secondary N) is 1. The molecule has 0 unspecified atom stereocenters. The molecule has 132 valence electrons. The number of anilines is 1. The van der Waals surface area contributed by atoms with Crippen LogP contribution in [0.15, 0.2) is 10.6 Å². The summed E-state index contributed by atoms with van der Waals surface area (Å²) in [4.78, 5) is 12.5. The Bertz CT molecular complexity index is 510. The highest BCUT2D eigenvalue weighted by Crippen LogP contribution is 2.25. The van der Waals surface area contributed by atoms with E-state index in [1.807, 2.05) is 27.7 Å². The maximum Gasteiger partial charge on any atom is 0.282 e. The lowest BCUT2D eigenvalue weighted by molar-refractivity contribution is -0.117. The van der Waals surface area contributed by atoms with Gasteiger partial charge in [0.25, 0.3) is 5.91 Å². The Labute approximate surface area is 143 Å².